The Morgan fingerprint density at radius 3 is 1.73 bits per heavy atom. The molecule has 0 atom stereocenters. The lowest BCUT2D eigenvalue weighted by Crippen LogP contribution is -2.10. The Labute approximate surface area is 173 Å². The summed E-state index contributed by atoms with van der Waals surface area (Å²) in [7, 11) is 3.01. The van der Waals surface area contributed by atoms with Crippen LogP contribution in [0.5, 0.6) is 29.0 Å². The fraction of sp³-hybridized carbons (Fsp3) is 0.286. The van der Waals surface area contributed by atoms with Gasteiger partial charge in [-0.3, -0.25) is 0 Å². The van der Waals surface area contributed by atoms with Crippen LogP contribution in [-0.2, 0) is 4.74 Å². The molecular formula is C21H23N3O6. The van der Waals surface area contributed by atoms with Crippen molar-refractivity contribution in [2.45, 2.75) is 6.92 Å². The minimum Gasteiger partial charge on any atom is -0.507 e. The van der Waals surface area contributed by atoms with Crippen LogP contribution in [0.4, 0.5) is 0 Å². The average Bonchev–Trinajstić information content (AvgIpc) is 2.76. The number of nitrogens with zero attached hydrogens (tertiary/aromatic N) is 3. The van der Waals surface area contributed by atoms with E-state index in [0.29, 0.717) is 35.8 Å². The smallest absolute Gasteiger partial charge is 0.320 e. The molecule has 0 aliphatic rings. The van der Waals surface area contributed by atoms with Crippen molar-refractivity contribution in [3.8, 4) is 51.8 Å². The zero-order chi connectivity index (χ0) is 21.5. The summed E-state index contributed by atoms with van der Waals surface area (Å²) >= 11 is 0. The quantitative estimate of drug-likeness (QED) is 0.511. The Balaban J connectivity index is 2.05. The highest BCUT2D eigenvalue weighted by molar-refractivity contribution is 5.70. The van der Waals surface area contributed by atoms with Crippen LogP contribution in [0.25, 0.3) is 22.8 Å². The number of benzene rings is 2. The monoisotopic (exact) mass is 413 g/mol. The number of methoxy groups -OCH3 is 2. The third-order valence-corrected chi connectivity index (χ3v) is 4.17. The van der Waals surface area contributed by atoms with Gasteiger partial charge in [0.25, 0.3) is 0 Å². The van der Waals surface area contributed by atoms with Gasteiger partial charge >= 0.3 is 6.01 Å². The second kappa shape index (κ2) is 9.75. The van der Waals surface area contributed by atoms with E-state index in [1.54, 1.807) is 24.3 Å². The molecule has 0 fully saturated rings. The lowest BCUT2D eigenvalue weighted by Gasteiger charge is -2.11. The zero-order valence-electron chi connectivity index (χ0n) is 17.0. The SMILES string of the molecule is CCOCCOc1nc(-c2ccc(OC)cc2O)nc(-c2ccc(OC)cc2O)n1. The van der Waals surface area contributed by atoms with Gasteiger partial charge in [0.05, 0.1) is 32.0 Å². The molecule has 9 nitrogen and oxygen atoms in total. The summed E-state index contributed by atoms with van der Waals surface area (Å²) in [4.78, 5) is 13.0. The highest BCUT2D eigenvalue weighted by Crippen LogP contribution is 2.34. The first-order valence-corrected chi connectivity index (χ1v) is 9.27. The van der Waals surface area contributed by atoms with Crippen LogP contribution in [0.15, 0.2) is 36.4 Å². The molecule has 0 spiro atoms. The number of hydrogen-bond acceptors (Lipinski definition) is 9. The molecule has 3 rings (SSSR count). The van der Waals surface area contributed by atoms with Crippen LogP contribution < -0.4 is 14.2 Å². The molecule has 0 radical (unpaired) electrons. The molecule has 0 saturated carbocycles. The predicted molar refractivity (Wildman–Crippen MR) is 109 cm³/mol. The predicted octanol–water partition coefficient (Wildman–Crippen LogP) is 3.05. The maximum Gasteiger partial charge on any atom is 0.320 e. The molecule has 2 N–H and O–H groups in total. The molecule has 0 aliphatic carbocycles. The van der Waals surface area contributed by atoms with Gasteiger partial charge in [0.15, 0.2) is 11.6 Å². The fourth-order valence-electron chi connectivity index (χ4n) is 2.65. The van der Waals surface area contributed by atoms with E-state index in [2.05, 4.69) is 15.0 Å². The number of hydrogen-bond donors (Lipinski definition) is 2. The normalized spacial score (nSPS) is 10.6. The second-order valence-corrected chi connectivity index (χ2v) is 6.08. The van der Waals surface area contributed by atoms with Crippen molar-refractivity contribution < 1.29 is 29.2 Å². The summed E-state index contributed by atoms with van der Waals surface area (Å²) in [6.45, 7) is 3.06. The van der Waals surface area contributed by atoms with Crippen LogP contribution in [-0.4, -0.2) is 59.2 Å². The van der Waals surface area contributed by atoms with Gasteiger partial charge in [-0.2, -0.15) is 9.97 Å². The maximum absolute atomic E-state index is 10.4. The van der Waals surface area contributed by atoms with E-state index in [1.807, 2.05) is 6.92 Å². The summed E-state index contributed by atoms with van der Waals surface area (Å²) < 4.78 is 21.1. The summed E-state index contributed by atoms with van der Waals surface area (Å²) in [5, 5.41) is 20.8. The van der Waals surface area contributed by atoms with E-state index in [0.717, 1.165) is 0 Å². The van der Waals surface area contributed by atoms with Crippen LogP contribution in [0.2, 0.25) is 0 Å². The first kappa shape index (κ1) is 21.1. The van der Waals surface area contributed by atoms with Crippen molar-refractivity contribution in [3.63, 3.8) is 0 Å². The molecule has 2 aromatic carbocycles. The zero-order valence-corrected chi connectivity index (χ0v) is 17.0. The molecule has 0 unspecified atom stereocenters. The number of rotatable bonds is 9. The lowest BCUT2D eigenvalue weighted by molar-refractivity contribution is 0.106. The largest absolute Gasteiger partial charge is 0.507 e. The number of phenols is 2. The van der Waals surface area contributed by atoms with Gasteiger partial charge in [-0.1, -0.05) is 0 Å². The Morgan fingerprint density at radius 2 is 1.30 bits per heavy atom. The van der Waals surface area contributed by atoms with Crippen molar-refractivity contribution in [1.82, 2.24) is 15.0 Å². The van der Waals surface area contributed by atoms with E-state index in [4.69, 9.17) is 18.9 Å². The highest BCUT2D eigenvalue weighted by Gasteiger charge is 2.17. The third kappa shape index (κ3) is 4.87. The minimum atomic E-state index is -0.0641. The Morgan fingerprint density at radius 1 is 0.767 bits per heavy atom. The van der Waals surface area contributed by atoms with Gasteiger partial charge in [-0.15, -0.1) is 0 Å². The molecule has 0 bridgehead atoms. The van der Waals surface area contributed by atoms with Gasteiger partial charge in [0.2, 0.25) is 0 Å². The highest BCUT2D eigenvalue weighted by atomic mass is 16.5. The van der Waals surface area contributed by atoms with Gasteiger partial charge in [-0.05, 0) is 31.2 Å². The molecule has 0 aliphatic heterocycles. The van der Waals surface area contributed by atoms with Crippen molar-refractivity contribution in [1.29, 1.82) is 0 Å². The second-order valence-electron chi connectivity index (χ2n) is 6.08. The Hall–Kier alpha value is -3.59. The first-order valence-electron chi connectivity index (χ1n) is 9.27. The molecule has 0 saturated heterocycles. The molecule has 9 heteroatoms. The molecule has 3 aromatic rings. The number of aromatic hydroxyl groups is 2. The standard InChI is InChI=1S/C21H23N3O6/c1-4-29-9-10-30-21-23-19(15-7-5-13(27-2)11-17(15)25)22-20(24-21)16-8-6-14(28-3)12-18(16)26/h5-8,11-12,25-26H,4,9-10H2,1-3H3. The minimum absolute atomic E-state index is 0.0418. The van der Waals surface area contributed by atoms with E-state index in [9.17, 15) is 10.2 Å². The summed E-state index contributed by atoms with van der Waals surface area (Å²) in [5.74, 6) is 1.22. The molecule has 0 amide bonds. The Bertz CT molecular complexity index is 940. The van der Waals surface area contributed by atoms with E-state index >= 15 is 0 Å². The number of ether oxygens (including phenoxy) is 4. The van der Waals surface area contributed by atoms with Gasteiger partial charge in [-0.25, -0.2) is 4.98 Å². The van der Waals surface area contributed by atoms with Gasteiger partial charge in [0, 0.05) is 18.7 Å². The number of phenolic OH excluding ortho intramolecular Hbond substituents is 2. The van der Waals surface area contributed by atoms with E-state index < -0.39 is 0 Å². The van der Waals surface area contributed by atoms with Crippen LogP contribution >= 0.6 is 0 Å². The average molecular weight is 413 g/mol. The number of aromatic nitrogens is 3. The summed E-state index contributed by atoms with van der Waals surface area (Å²) in [6.07, 6.45) is 0. The lowest BCUT2D eigenvalue weighted by atomic mass is 10.1. The summed E-state index contributed by atoms with van der Waals surface area (Å²) in [5.41, 5.74) is 0.726. The van der Waals surface area contributed by atoms with Gasteiger partial charge < -0.3 is 29.2 Å². The van der Waals surface area contributed by atoms with E-state index in [1.165, 1.54) is 26.4 Å². The van der Waals surface area contributed by atoms with Crippen molar-refractivity contribution >= 4 is 0 Å². The van der Waals surface area contributed by atoms with Crippen molar-refractivity contribution in [3.05, 3.63) is 36.4 Å². The van der Waals surface area contributed by atoms with Gasteiger partial charge in [0.1, 0.15) is 29.6 Å². The van der Waals surface area contributed by atoms with Crippen molar-refractivity contribution in [2.75, 3.05) is 34.0 Å². The van der Waals surface area contributed by atoms with Crippen LogP contribution in [0, 0.1) is 0 Å². The molecule has 1 aromatic heterocycles. The Kier molecular flexibility index (Phi) is 6.87. The summed E-state index contributed by atoms with van der Waals surface area (Å²) in [6, 6.07) is 9.58. The topological polar surface area (TPSA) is 116 Å². The fourth-order valence-corrected chi connectivity index (χ4v) is 2.65. The molecule has 30 heavy (non-hydrogen) atoms. The van der Waals surface area contributed by atoms with Crippen LogP contribution in [0.1, 0.15) is 6.92 Å². The third-order valence-electron chi connectivity index (χ3n) is 4.17. The molecular weight excluding hydrogens is 390 g/mol. The first-order chi connectivity index (χ1) is 14.5. The van der Waals surface area contributed by atoms with Crippen LogP contribution in [0.3, 0.4) is 0 Å². The molecule has 1 heterocycles. The molecule has 158 valence electrons. The maximum atomic E-state index is 10.4. The van der Waals surface area contributed by atoms with E-state index in [-0.39, 0.29) is 35.8 Å². The van der Waals surface area contributed by atoms with Crippen molar-refractivity contribution in [2.24, 2.45) is 0 Å².